The molecule has 122 valence electrons. The van der Waals surface area contributed by atoms with Crippen LogP contribution in [-0.2, 0) is 11.2 Å². The van der Waals surface area contributed by atoms with Gasteiger partial charge < -0.3 is 15.3 Å². The van der Waals surface area contributed by atoms with Gasteiger partial charge in [0.25, 0.3) is 0 Å². The van der Waals surface area contributed by atoms with E-state index in [0.717, 1.165) is 12.8 Å². The van der Waals surface area contributed by atoms with Crippen LogP contribution < -0.4 is 0 Å². The van der Waals surface area contributed by atoms with Crippen molar-refractivity contribution >= 4 is 23.3 Å². The van der Waals surface area contributed by atoms with E-state index in [4.69, 9.17) is 21.7 Å². The number of fused-ring (bicyclic) bond motifs is 1. The average molecular weight is 334 g/mol. The van der Waals surface area contributed by atoms with Crippen molar-refractivity contribution in [1.82, 2.24) is 0 Å². The fraction of sp³-hybridized carbons (Fsp3) is 0.333. The topological polar surface area (TPSA) is 70.4 Å². The Morgan fingerprint density at radius 1 is 1.22 bits per heavy atom. The predicted octanol–water partition coefficient (Wildman–Crippen LogP) is 4.37. The van der Waals surface area contributed by atoms with E-state index in [1.54, 1.807) is 13.0 Å². The number of benzene rings is 1. The Balaban J connectivity index is 2.45. The lowest BCUT2D eigenvalue weighted by Crippen LogP contribution is -2.14. The molecule has 0 fully saturated rings. The summed E-state index contributed by atoms with van der Waals surface area (Å²) < 4.78 is 5.31. The molecule has 4 nitrogen and oxygen atoms in total. The molecule has 0 saturated carbocycles. The number of phenols is 1. The Morgan fingerprint density at radius 3 is 2.70 bits per heavy atom. The number of ether oxygens (including phenoxy) is 1. The normalized spacial score (nSPS) is 19.4. The van der Waals surface area contributed by atoms with E-state index in [0.29, 0.717) is 35.4 Å². The van der Waals surface area contributed by atoms with Crippen molar-refractivity contribution in [3.8, 4) is 5.75 Å². The van der Waals surface area contributed by atoms with Crippen molar-refractivity contribution < 1.29 is 14.6 Å². The number of carbonyl (C=O) groups excluding carboxylic acids is 1. The molecule has 0 aliphatic carbocycles. The number of allylic oxidation sites excluding steroid dienone is 3. The number of hydrogen-bond donors (Lipinski definition) is 2. The molecule has 1 aliphatic heterocycles. The third kappa shape index (κ3) is 4.45. The van der Waals surface area contributed by atoms with Crippen molar-refractivity contribution in [3.63, 3.8) is 0 Å². The highest BCUT2D eigenvalue weighted by Crippen LogP contribution is 2.33. The Hall–Kier alpha value is -2.07. The molecule has 1 heterocycles. The maximum Gasteiger partial charge on any atom is 0.338 e. The number of hydrogen-bond acceptors (Lipinski definition) is 4. The molecule has 0 aromatic heterocycles. The SMILES string of the molecule is Cc1cc(O)c(Cl)c2c1C(=O)OCC/C=C/CC/C=C/C(=N)C2. The molecule has 23 heavy (non-hydrogen) atoms. The molecule has 5 heteroatoms. The number of aryl methyl sites for hydroxylation is 1. The zero-order valence-corrected chi connectivity index (χ0v) is 13.8. The summed E-state index contributed by atoms with van der Waals surface area (Å²) in [5.74, 6) is -0.557. The first-order valence-electron chi connectivity index (χ1n) is 7.57. The maximum absolute atomic E-state index is 12.4. The number of cyclic esters (lactones) is 1. The van der Waals surface area contributed by atoms with E-state index >= 15 is 0 Å². The van der Waals surface area contributed by atoms with Gasteiger partial charge in [0.15, 0.2) is 0 Å². The van der Waals surface area contributed by atoms with Crippen LogP contribution in [0.25, 0.3) is 0 Å². The van der Waals surface area contributed by atoms with Gasteiger partial charge in [-0.05, 0) is 49.5 Å². The summed E-state index contributed by atoms with van der Waals surface area (Å²) in [4.78, 5) is 12.4. The van der Waals surface area contributed by atoms with Gasteiger partial charge >= 0.3 is 5.97 Å². The molecule has 1 aromatic rings. The molecule has 0 saturated heterocycles. The van der Waals surface area contributed by atoms with Crippen LogP contribution in [0.15, 0.2) is 30.4 Å². The molecule has 0 radical (unpaired) electrons. The first-order chi connectivity index (χ1) is 11.0. The van der Waals surface area contributed by atoms with Crippen LogP contribution in [0.1, 0.15) is 40.7 Å². The summed E-state index contributed by atoms with van der Waals surface area (Å²) in [6, 6.07) is 1.45. The van der Waals surface area contributed by atoms with E-state index < -0.39 is 5.97 Å². The molecule has 1 aromatic carbocycles. The predicted molar refractivity (Wildman–Crippen MR) is 91.7 cm³/mol. The van der Waals surface area contributed by atoms with Gasteiger partial charge in [0.2, 0.25) is 0 Å². The van der Waals surface area contributed by atoms with Crippen LogP contribution in [0, 0.1) is 12.3 Å². The fourth-order valence-electron chi connectivity index (χ4n) is 2.49. The third-order valence-electron chi connectivity index (χ3n) is 3.61. The lowest BCUT2D eigenvalue weighted by molar-refractivity contribution is 0.0510. The van der Waals surface area contributed by atoms with Crippen LogP contribution in [-0.4, -0.2) is 23.4 Å². The third-order valence-corrected chi connectivity index (χ3v) is 4.04. The van der Waals surface area contributed by atoms with Crippen molar-refractivity contribution in [2.24, 2.45) is 0 Å². The minimum Gasteiger partial charge on any atom is -0.506 e. The van der Waals surface area contributed by atoms with Gasteiger partial charge in [-0.1, -0.05) is 29.8 Å². The molecule has 0 bridgehead atoms. The number of halogens is 1. The highest BCUT2D eigenvalue weighted by atomic mass is 35.5. The second kappa shape index (κ2) is 7.97. The van der Waals surface area contributed by atoms with Gasteiger partial charge in [0.1, 0.15) is 5.75 Å². The van der Waals surface area contributed by atoms with Crippen LogP contribution in [0.5, 0.6) is 5.75 Å². The standard InChI is InChI=1S/C18H20ClNO3/c1-12-10-15(21)17(19)14-11-13(20)8-6-4-2-3-5-7-9-23-18(22)16(12)14/h3,5-6,8,10,20-21H,2,4,7,9,11H2,1H3/b5-3+,8-6+,20-13?. The Kier molecular flexibility index (Phi) is 5.99. The van der Waals surface area contributed by atoms with Crippen LogP contribution in [0.2, 0.25) is 5.02 Å². The van der Waals surface area contributed by atoms with Crippen LogP contribution in [0.3, 0.4) is 0 Å². The summed E-state index contributed by atoms with van der Waals surface area (Å²) in [7, 11) is 0. The lowest BCUT2D eigenvalue weighted by atomic mass is 9.96. The number of nitrogens with one attached hydrogen (secondary N) is 1. The van der Waals surface area contributed by atoms with Gasteiger partial charge in [-0.2, -0.15) is 0 Å². The minimum atomic E-state index is -0.471. The van der Waals surface area contributed by atoms with Gasteiger partial charge in [-0.3, -0.25) is 0 Å². The summed E-state index contributed by atoms with van der Waals surface area (Å²) >= 11 is 6.18. The molecule has 2 rings (SSSR count). The van der Waals surface area contributed by atoms with Crippen molar-refractivity contribution in [2.45, 2.75) is 32.6 Å². The molecular formula is C18H20ClNO3. The molecular weight excluding hydrogens is 314 g/mol. The first kappa shape index (κ1) is 17.3. The minimum absolute atomic E-state index is 0.0865. The van der Waals surface area contributed by atoms with Crippen LogP contribution >= 0.6 is 11.6 Å². The zero-order chi connectivity index (χ0) is 16.8. The number of rotatable bonds is 0. The van der Waals surface area contributed by atoms with E-state index in [1.807, 2.05) is 18.2 Å². The number of carbonyl (C=O) groups is 1. The van der Waals surface area contributed by atoms with Gasteiger partial charge in [0, 0.05) is 12.1 Å². The molecule has 0 atom stereocenters. The summed E-state index contributed by atoms with van der Waals surface area (Å²) in [5.41, 5.74) is 1.70. The van der Waals surface area contributed by atoms with E-state index in [-0.39, 0.29) is 17.2 Å². The lowest BCUT2D eigenvalue weighted by Gasteiger charge is -2.15. The first-order valence-corrected chi connectivity index (χ1v) is 7.95. The molecule has 0 unspecified atom stereocenters. The molecule has 2 N–H and O–H groups in total. The molecule has 0 amide bonds. The van der Waals surface area contributed by atoms with Gasteiger partial charge in [-0.25, -0.2) is 4.79 Å². The second-order valence-electron chi connectivity index (χ2n) is 5.46. The molecule has 0 spiro atoms. The van der Waals surface area contributed by atoms with Gasteiger partial charge in [0.05, 0.1) is 17.2 Å². The van der Waals surface area contributed by atoms with Crippen molar-refractivity contribution in [2.75, 3.05) is 6.61 Å². The largest absolute Gasteiger partial charge is 0.506 e. The number of aromatic hydroxyl groups is 1. The second-order valence-corrected chi connectivity index (χ2v) is 5.84. The Morgan fingerprint density at radius 2 is 1.91 bits per heavy atom. The zero-order valence-electron chi connectivity index (χ0n) is 13.1. The van der Waals surface area contributed by atoms with Crippen LogP contribution in [0.4, 0.5) is 0 Å². The monoisotopic (exact) mass is 333 g/mol. The molecule has 1 aliphatic rings. The van der Waals surface area contributed by atoms with E-state index in [1.165, 1.54) is 6.07 Å². The highest BCUT2D eigenvalue weighted by Gasteiger charge is 2.22. The maximum atomic E-state index is 12.4. The Bertz CT molecular complexity index is 677. The Labute approximate surface area is 140 Å². The van der Waals surface area contributed by atoms with Crippen molar-refractivity contribution in [3.05, 3.63) is 52.1 Å². The van der Waals surface area contributed by atoms with E-state index in [2.05, 4.69) is 0 Å². The van der Waals surface area contributed by atoms with E-state index in [9.17, 15) is 9.90 Å². The summed E-state index contributed by atoms with van der Waals surface area (Å²) in [6.07, 6.45) is 10.2. The number of phenolic OH excluding ortho intramolecular Hbond substituents is 1. The average Bonchev–Trinajstić information content (AvgIpc) is 2.50. The van der Waals surface area contributed by atoms with Gasteiger partial charge in [-0.15, -0.1) is 0 Å². The summed E-state index contributed by atoms with van der Waals surface area (Å²) in [5, 5.41) is 18.1. The fourth-order valence-corrected chi connectivity index (χ4v) is 2.70. The number of esters is 1. The highest BCUT2D eigenvalue weighted by molar-refractivity contribution is 6.33. The quantitative estimate of drug-likeness (QED) is 0.547. The smallest absolute Gasteiger partial charge is 0.338 e. The van der Waals surface area contributed by atoms with Crippen molar-refractivity contribution in [1.29, 1.82) is 5.41 Å². The summed E-state index contributed by atoms with van der Waals surface area (Å²) in [6.45, 7) is 2.01.